The minimum Gasteiger partial charge on any atom is -0.495 e. The zero-order valence-electron chi connectivity index (χ0n) is 18.6. The monoisotopic (exact) mass is 444 g/mol. The van der Waals surface area contributed by atoms with E-state index in [1.54, 1.807) is 12.1 Å². The number of anilines is 1. The average molecular weight is 445 g/mol. The zero-order chi connectivity index (χ0) is 22.4. The number of hydrogen-bond donors (Lipinski definition) is 1. The smallest absolute Gasteiger partial charge is 0.246 e. The first-order valence-electron chi connectivity index (χ1n) is 10.9. The van der Waals surface area contributed by atoms with Crippen LogP contribution < -0.4 is 10.1 Å². The van der Waals surface area contributed by atoms with Crippen LogP contribution in [0.3, 0.4) is 0 Å². The van der Waals surface area contributed by atoms with Gasteiger partial charge in [0.2, 0.25) is 15.9 Å². The average Bonchev–Trinajstić information content (AvgIpc) is 2.78. The molecule has 1 saturated heterocycles. The third-order valence-electron chi connectivity index (χ3n) is 5.73. The molecule has 1 amide bonds. The number of piperidine rings is 1. The summed E-state index contributed by atoms with van der Waals surface area (Å²) in [5, 5.41) is 2.95. The first-order chi connectivity index (χ1) is 14.8. The summed E-state index contributed by atoms with van der Waals surface area (Å²) in [6.07, 6.45) is 4.62. The van der Waals surface area contributed by atoms with Crippen molar-refractivity contribution in [2.75, 3.05) is 25.5 Å². The number of nitrogens with zero attached hydrogens (tertiary/aromatic N) is 1. The van der Waals surface area contributed by atoms with Gasteiger partial charge in [0, 0.05) is 18.8 Å². The number of methoxy groups -OCH3 is 1. The zero-order valence-corrected chi connectivity index (χ0v) is 19.4. The van der Waals surface area contributed by atoms with Crippen molar-refractivity contribution in [3.8, 4) is 5.75 Å². The molecule has 31 heavy (non-hydrogen) atoms. The number of sulfonamides is 1. The van der Waals surface area contributed by atoms with E-state index in [-0.39, 0.29) is 23.3 Å². The van der Waals surface area contributed by atoms with Crippen molar-refractivity contribution in [3.05, 3.63) is 53.6 Å². The molecule has 1 unspecified atom stereocenters. The molecule has 2 aromatic rings. The number of hydrogen-bond acceptors (Lipinski definition) is 4. The molecule has 0 saturated carbocycles. The van der Waals surface area contributed by atoms with Gasteiger partial charge in [0.1, 0.15) is 10.6 Å². The van der Waals surface area contributed by atoms with E-state index in [9.17, 15) is 13.2 Å². The summed E-state index contributed by atoms with van der Waals surface area (Å²) < 4.78 is 33.3. The van der Waals surface area contributed by atoms with Crippen LogP contribution in [0.15, 0.2) is 47.4 Å². The van der Waals surface area contributed by atoms with E-state index in [1.165, 1.54) is 17.0 Å². The highest BCUT2D eigenvalue weighted by molar-refractivity contribution is 7.89. The Morgan fingerprint density at radius 2 is 1.94 bits per heavy atom. The van der Waals surface area contributed by atoms with Crippen molar-refractivity contribution in [1.29, 1.82) is 0 Å². The van der Waals surface area contributed by atoms with Gasteiger partial charge in [0.25, 0.3) is 0 Å². The van der Waals surface area contributed by atoms with Crippen molar-refractivity contribution in [1.82, 2.24) is 4.31 Å². The molecule has 1 N–H and O–H groups in total. The number of rotatable bonds is 8. The highest BCUT2D eigenvalue weighted by Crippen LogP contribution is 2.31. The first kappa shape index (κ1) is 23.3. The largest absolute Gasteiger partial charge is 0.495 e. The number of aryl methyl sites for hydroxylation is 2. The Bertz CT molecular complexity index is 1000. The number of benzene rings is 2. The molecule has 0 spiro atoms. The van der Waals surface area contributed by atoms with Crippen LogP contribution in [0.25, 0.3) is 0 Å². The minimum atomic E-state index is -3.75. The number of unbranched alkanes of at least 4 members (excludes halogenated alkanes) is 1. The molecule has 3 rings (SSSR count). The molecule has 1 heterocycles. The molecular weight excluding hydrogens is 412 g/mol. The van der Waals surface area contributed by atoms with E-state index in [2.05, 4.69) is 12.2 Å². The highest BCUT2D eigenvalue weighted by atomic mass is 32.2. The quantitative estimate of drug-likeness (QED) is 0.655. The Kier molecular flexibility index (Phi) is 7.73. The molecule has 7 heteroatoms. The van der Waals surface area contributed by atoms with Gasteiger partial charge in [-0.15, -0.1) is 0 Å². The topological polar surface area (TPSA) is 75.7 Å². The molecule has 1 atom stereocenters. The molecule has 0 aliphatic carbocycles. The molecule has 2 aromatic carbocycles. The normalized spacial score (nSPS) is 17.3. The molecular formula is C24H32N2O4S. The van der Waals surface area contributed by atoms with Gasteiger partial charge >= 0.3 is 0 Å². The molecule has 6 nitrogen and oxygen atoms in total. The Balaban J connectivity index is 1.70. The van der Waals surface area contributed by atoms with Crippen molar-refractivity contribution in [2.45, 2.75) is 50.8 Å². The van der Waals surface area contributed by atoms with Gasteiger partial charge in [-0.25, -0.2) is 8.42 Å². The Morgan fingerprint density at radius 1 is 1.19 bits per heavy atom. The number of ether oxygens (including phenoxy) is 1. The summed E-state index contributed by atoms with van der Waals surface area (Å²) in [5.74, 6) is -0.211. The van der Waals surface area contributed by atoms with Crippen LogP contribution in [-0.2, 0) is 21.2 Å². The lowest BCUT2D eigenvalue weighted by Gasteiger charge is -2.31. The molecule has 0 aromatic heterocycles. The van der Waals surface area contributed by atoms with Gasteiger partial charge in [0.05, 0.1) is 13.0 Å². The summed E-state index contributed by atoms with van der Waals surface area (Å²) in [7, 11) is -2.29. The Morgan fingerprint density at radius 3 is 2.61 bits per heavy atom. The molecule has 1 aliphatic heterocycles. The maximum atomic E-state index is 13.3. The Labute approximate surface area is 185 Å². The van der Waals surface area contributed by atoms with Crippen LogP contribution in [0.2, 0.25) is 0 Å². The van der Waals surface area contributed by atoms with Crippen molar-refractivity contribution in [2.24, 2.45) is 5.92 Å². The summed E-state index contributed by atoms with van der Waals surface area (Å²) in [6, 6.07) is 13.0. The molecule has 0 bridgehead atoms. The van der Waals surface area contributed by atoms with E-state index >= 15 is 0 Å². The maximum absolute atomic E-state index is 13.3. The fourth-order valence-corrected chi connectivity index (χ4v) is 5.64. The van der Waals surface area contributed by atoms with Gasteiger partial charge in [-0.05, 0) is 68.0 Å². The Hall–Kier alpha value is -2.38. The van der Waals surface area contributed by atoms with E-state index in [0.717, 1.165) is 30.5 Å². The standard InChI is InChI=1S/C24H32N2O4S/c1-4-5-7-19-10-12-21(13-11-19)25-24(27)20-8-6-15-26(17-20)31(28,29)23-16-18(2)9-14-22(23)30-3/h9-14,16,20H,4-8,15,17H2,1-3H3,(H,25,27). The van der Waals surface area contributed by atoms with Crippen LogP contribution >= 0.6 is 0 Å². The van der Waals surface area contributed by atoms with Gasteiger partial charge in [-0.3, -0.25) is 4.79 Å². The van der Waals surface area contributed by atoms with Gasteiger partial charge in [0.15, 0.2) is 0 Å². The van der Waals surface area contributed by atoms with Crippen molar-refractivity contribution < 1.29 is 17.9 Å². The number of amides is 1. The van der Waals surface area contributed by atoms with Crippen LogP contribution in [0, 0.1) is 12.8 Å². The second-order valence-corrected chi connectivity index (χ2v) is 10.1. The van der Waals surface area contributed by atoms with Gasteiger partial charge in [-0.2, -0.15) is 4.31 Å². The van der Waals surface area contributed by atoms with Crippen molar-refractivity contribution >= 4 is 21.6 Å². The minimum absolute atomic E-state index is 0.141. The van der Waals surface area contributed by atoms with E-state index < -0.39 is 10.0 Å². The highest BCUT2D eigenvalue weighted by Gasteiger charge is 2.35. The predicted octanol–water partition coefficient (Wildman–Crippen LogP) is 4.39. The lowest BCUT2D eigenvalue weighted by atomic mass is 9.98. The third-order valence-corrected chi connectivity index (χ3v) is 7.62. The SMILES string of the molecule is CCCCc1ccc(NC(=O)C2CCCN(S(=O)(=O)c3cc(C)ccc3OC)C2)cc1. The third kappa shape index (κ3) is 5.66. The summed E-state index contributed by atoms with van der Waals surface area (Å²) in [4.78, 5) is 13.0. The second-order valence-electron chi connectivity index (χ2n) is 8.15. The second kappa shape index (κ2) is 10.3. The number of carbonyl (C=O) groups excluding carboxylic acids is 1. The predicted molar refractivity (Wildman–Crippen MR) is 123 cm³/mol. The molecule has 168 valence electrons. The lowest BCUT2D eigenvalue weighted by molar-refractivity contribution is -0.120. The van der Waals surface area contributed by atoms with Crippen LogP contribution in [0.4, 0.5) is 5.69 Å². The van der Waals surface area contributed by atoms with Crippen molar-refractivity contribution in [3.63, 3.8) is 0 Å². The molecule has 1 fully saturated rings. The number of nitrogens with one attached hydrogen (secondary N) is 1. The van der Waals surface area contributed by atoms with Gasteiger partial charge < -0.3 is 10.1 Å². The van der Waals surface area contributed by atoms with Gasteiger partial charge in [-0.1, -0.05) is 31.5 Å². The lowest BCUT2D eigenvalue weighted by Crippen LogP contribution is -2.43. The van der Waals surface area contributed by atoms with E-state index in [4.69, 9.17) is 4.74 Å². The van der Waals surface area contributed by atoms with E-state index in [1.807, 2.05) is 37.3 Å². The molecule has 1 aliphatic rings. The first-order valence-corrected chi connectivity index (χ1v) is 12.3. The van der Waals surface area contributed by atoms with Crippen LogP contribution in [0.5, 0.6) is 5.75 Å². The van der Waals surface area contributed by atoms with Crippen LogP contribution in [0.1, 0.15) is 43.7 Å². The maximum Gasteiger partial charge on any atom is 0.246 e. The molecule has 0 radical (unpaired) electrons. The number of carbonyl (C=O) groups is 1. The van der Waals surface area contributed by atoms with E-state index in [0.29, 0.717) is 25.1 Å². The summed E-state index contributed by atoms with van der Waals surface area (Å²) in [5.41, 5.74) is 2.83. The fourth-order valence-electron chi connectivity index (χ4n) is 3.88. The fraction of sp³-hybridized carbons (Fsp3) is 0.458. The summed E-state index contributed by atoms with van der Waals surface area (Å²) >= 11 is 0. The summed E-state index contributed by atoms with van der Waals surface area (Å²) in [6.45, 7) is 4.57. The van der Waals surface area contributed by atoms with Crippen LogP contribution in [-0.4, -0.2) is 38.8 Å².